The second kappa shape index (κ2) is 8.37. The highest BCUT2D eigenvalue weighted by molar-refractivity contribution is 7.80. The summed E-state index contributed by atoms with van der Waals surface area (Å²) in [7, 11) is 0. The van der Waals surface area contributed by atoms with Gasteiger partial charge in [0.2, 0.25) is 0 Å². The third-order valence-electron chi connectivity index (χ3n) is 4.54. The van der Waals surface area contributed by atoms with E-state index in [1.54, 1.807) is 23.0 Å². The molecule has 3 aromatic rings. The van der Waals surface area contributed by atoms with Gasteiger partial charge in [0.1, 0.15) is 16.8 Å². The monoisotopic (exact) mass is 445 g/mol. The summed E-state index contributed by atoms with van der Waals surface area (Å²) in [5, 5.41) is 20.5. The lowest BCUT2D eigenvalue weighted by Crippen LogP contribution is -2.33. The number of thiophene rings is 1. The van der Waals surface area contributed by atoms with Crippen LogP contribution in [-0.2, 0) is 19.4 Å². The number of anilines is 1. The fraction of sp³-hybridized carbons (Fsp3) is 0.263. The highest BCUT2D eigenvalue weighted by Crippen LogP contribution is 2.37. The highest BCUT2D eigenvalue weighted by atomic mass is 35.5. The molecule has 0 aromatic carbocycles. The Kier molecular flexibility index (Phi) is 5.67. The van der Waals surface area contributed by atoms with Crippen molar-refractivity contribution in [3.05, 3.63) is 57.1 Å². The Labute approximate surface area is 181 Å². The molecule has 0 fully saturated rings. The third-order valence-corrected chi connectivity index (χ3v) is 6.15. The van der Waals surface area contributed by atoms with Gasteiger partial charge in [0, 0.05) is 11.1 Å². The number of nitrogens with zero attached hydrogens (tertiary/aromatic N) is 3. The van der Waals surface area contributed by atoms with E-state index in [4.69, 9.17) is 28.2 Å². The molecule has 0 spiro atoms. The number of aromatic nitrogens is 2. The largest absolute Gasteiger partial charge is 0.454 e. The number of carbonyl (C=O) groups is 1. The molecule has 0 radical (unpaired) electrons. The molecule has 29 heavy (non-hydrogen) atoms. The zero-order valence-corrected chi connectivity index (χ0v) is 17.6. The Hall–Kier alpha value is -2.67. The van der Waals surface area contributed by atoms with Crippen molar-refractivity contribution in [1.29, 1.82) is 5.26 Å². The average molecular weight is 446 g/mol. The predicted octanol–water partition coefficient (Wildman–Crippen LogP) is 4.12. The van der Waals surface area contributed by atoms with Crippen LogP contribution in [0.25, 0.3) is 0 Å². The number of amides is 1. The van der Waals surface area contributed by atoms with Crippen LogP contribution in [0.1, 0.15) is 45.2 Å². The molecular weight excluding hydrogens is 430 g/mol. The van der Waals surface area contributed by atoms with E-state index < -0.39 is 5.91 Å². The topological polar surface area (TPSA) is 95.9 Å². The van der Waals surface area contributed by atoms with Crippen molar-refractivity contribution in [3.8, 4) is 6.07 Å². The number of halogens is 1. The van der Waals surface area contributed by atoms with Gasteiger partial charge >= 0.3 is 0 Å². The quantitative estimate of drug-likeness (QED) is 0.586. The average Bonchev–Trinajstić information content (AvgIpc) is 3.40. The van der Waals surface area contributed by atoms with Crippen LogP contribution in [0.5, 0.6) is 0 Å². The Balaban J connectivity index is 1.40. The molecule has 0 atom stereocenters. The van der Waals surface area contributed by atoms with E-state index in [1.165, 1.54) is 22.4 Å². The van der Waals surface area contributed by atoms with E-state index in [9.17, 15) is 10.1 Å². The number of fused-ring (bicyclic) bond motifs is 1. The fourth-order valence-electron chi connectivity index (χ4n) is 3.24. The molecule has 0 saturated heterocycles. The molecule has 4 rings (SSSR count). The van der Waals surface area contributed by atoms with E-state index >= 15 is 0 Å². The van der Waals surface area contributed by atoms with Crippen LogP contribution in [0.15, 0.2) is 28.9 Å². The molecule has 7 nitrogen and oxygen atoms in total. The first-order valence-corrected chi connectivity index (χ1v) is 10.6. The van der Waals surface area contributed by atoms with Crippen molar-refractivity contribution in [2.45, 2.75) is 32.2 Å². The molecule has 3 heterocycles. The van der Waals surface area contributed by atoms with Crippen LogP contribution in [0.2, 0.25) is 5.02 Å². The van der Waals surface area contributed by atoms with Crippen LogP contribution in [0.3, 0.4) is 0 Å². The van der Waals surface area contributed by atoms with Gasteiger partial charge in [0.25, 0.3) is 5.91 Å². The summed E-state index contributed by atoms with van der Waals surface area (Å²) < 4.78 is 7.18. The van der Waals surface area contributed by atoms with E-state index in [2.05, 4.69) is 21.8 Å². The van der Waals surface area contributed by atoms with E-state index in [1.807, 2.05) is 0 Å². The Morgan fingerprint density at radius 2 is 2.24 bits per heavy atom. The zero-order chi connectivity index (χ0) is 20.4. The van der Waals surface area contributed by atoms with Gasteiger partial charge in [0.15, 0.2) is 10.9 Å². The molecular formula is C19H16ClN5O2S2. The number of aryl methyl sites for hydroxylation is 1. The number of thiocarbonyl (C=S) groups is 1. The minimum absolute atomic E-state index is 0.127. The van der Waals surface area contributed by atoms with Gasteiger partial charge in [0.05, 0.1) is 23.3 Å². The predicted molar refractivity (Wildman–Crippen MR) is 114 cm³/mol. The Morgan fingerprint density at radius 1 is 1.41 bits per heavy atom. The molecule has 1 amide bonds. The molecule has 10 heteroatoms. The van der Waals surface area contributed by atoms with Crippen molar-refractivity contribution in [2.24, 2.45) is 0 Å². The number of nitriles is 1. The number of nitrogens with one attached hydrogen (secondary N) is 2. The number of hydrogen-bond donors (Lipinski definition) is 2. The molecule has 2 N–H and O–H groups in total. The summed E-state index contributed by atoms with van der Waals surface area (Å²) in [4.78, 5) is 13.6. The summed E-state index contributed by atoms with van der Waals surface area (Å²) >= 11 is 12.6. The molecule has 0 bridgehead atoms. The van der Waals surface area contributed by atoms with Crippen LogP contribution in [0.4, 0.5) is 5.00 Å². The van der Waals surface area contributed by atoms with Gasteiger partial charge < -0.3 is 9.73 Å². The summed E-state index contributed by atoms with van der Waals surface area (Å²) in [6, 6.07) is 5.53. The zero-order valence-electron chi connectivity index (χ0n) is 15.2. The maximum absolute atomic E-state index is 12.4. The van der Waals surface area contributed by atoms with E-state index in [-0.39, 0.29) is 10.9 Å². The van der Waals surface area contributed by atoms with Crippen molar-refractivity contribution in [1.82, 2.24) is 15.1 Å². The normalized spacial score (nSPS) is 12.8. The SMILES string of the molecule is N#Cc1c(NC(=S)NC(=O)c2ccc(Cn3cc(Cl)cn3)o2)sc2c1CCCC2. The van der Waals surface area contributed by atoms with Gasteiger partial charge in [-0.15, -0.1) is 11.3 Å². The first-order chi connectivity index (χ1) is 14.0. The van der Waals surface area contributed by atoms with Crippen molar-refractivity contribution < 1.29 is 9.21 Å². The van der Waals surface area contributed by atoms with E-state index in [0.717, 1.165) is 31.2 Å². The second-order valence-corrected chi connectivity index (χ2v) is 8.51. The van der Waals surface area contributed by atoms with Gasteiger partial charge in [-0.2, -0.15) is 10.4 Å². The maximum Gasteiger partial charge on any atom is 0.293 e. The number of hydrogen-bond acceptors (Lipinski definition) is 6. The van der Waals surface area contributed by atoms with Crippen LogP contribution >= 0.6 is 35.2 Å². The molecule has 148 valence electrons. The van der Waals surface area contributed by atoms with E-state index in [0.29, 0.717) is 27.9 Å². The molecule has 0 unspecified atom stereocenters. The summed E-state index contributed by atoms with van der Waals surface area (Å²) in [5.41, 5.74) is 1.73. The molecule has 3 aromatic heterocycles. The molecule has 1 aliphatic carbocycles. The Bertz CT molecular complexity index is 1120. The maximum atomic E-state index is 12.4. The third kappa shape index (κ3) is 4.34. The summed E-state index contributed by atoms with van der Waals surface area (Å²) in [6.45, 7) is 0.356. The minimum atomic E-state index is -0.466. The van der Waals surface area contributed by atoms with Crippen LogP contribution in [-0.4, -0.2) is 20.8 Å². The lowest BCUT2D eigenvalue weighted by molar-refractivity contribution is 0.0948. The Morgan fingerprint density at radius 3 is 3.00 bits per heavy atom. The minimum Gasteiger partial charge on any atom is -0.454 e. The molecule has 0 aliphatic heterocycles. The van der Waals surface area contributed by atoms with Crippen LogP contribution in [0, 0.1) is 11.3 Å². The van der Waals surface area contributed by atoms with Crippen molar-refractivity contribution in [3.63, 3.8) is 0 Å². The first-order valence-electron chi connectivity index (χ1n) is 8.97. The van der Waals surface area contributed by atoms with Gasteiger partial charge in [-0.25, -0.2) is 0 Å². The molecule has 1 aliphatic rings. The first kappa shape index (κ1) is 19.6. The van der Waals surface area contributed by atoms with Crippen molar-refractivity contribution in [2.75, 3.05) is 5.32 Å². The lowest BCUT2D eigenvalue weighted by Gasteiger charge is -2.09. The van der Waals surface area contributed by atoms with Gasteiger partial charge in [-0.05, 0) is 55.6 Å². The number of carbonyl (C=O) groups excluding carboxylic acids is 1. The number of rotatable bonds is 4. The summed E-state index contributed by atoms with van der Waals surface area (Å²) in [6.07, 6.45) is 7.30. The second-order valence-electron chi connectivity index (χ2n) is 6.56. The lowest BCUT2D eigenvalue weighted by atomic mass is 9.96. The smallest absolute Gasteiger partial charge is 0.293 e. The highest BCUT2D eigenvalue weighted by Gasteiger charge is 2.22. The molecule has 0 saturated carbocycles. The number of furan rings is 1. The van der Waals surface area contributed by atoms with Gasteiger partial charge in [-0.1, -0.05) is 11.6 Å². The summed E-state index contributed by atoms with van der Waals surface area (Å²) in [5.74, 6) is 0.229. The van der Waals surface area contributed by atoms with Crippen LogP contribution < -0.4 is 10.6 Å². The van der Waals surface area contributed by atoms with Gasteiger partial charge in [-0.3, -0.25) is 14.8 Å². The fourth-order valence-corrected chi connectivity index (χ4v) is 4.90. The standard InChI is InChI=1S/C19H16ClN5O2S2/c20-11-8-22-25(9-11)10-12-5-6-15(27-12)17(26)23-19(28)24-18-14(7-21)13-3-1-2-4-16(13)29-18/h5-6,8-9H,1-4,10H2,(H2,23,24,26,28). The van der Waals surface area contributed by atoms with Crippen molar-refractivity contribution >= 4 is 51.2 Å².